The fourth-order valence-corrected chi connectivity index (χ4v) is 0.868. The van der Waals surface area contributed by atoms with E-state index in [1.54, 1.807) is 0 Å². The molecule has 1 N–H and O–H groups in total. The van der Waals surface area contributed by atoms with E-state index in [2.05, 4.69) is 10.1 Å². The minimum atomic E-state index is -0.579. The Balaban J connectivity index is 0.000000132. The van der Waals surface area contributed by atoms with E-state index >= 15 is 0 Å². The summed E-state index contributed by atoms with van der Waals surface area (Å²) in [4.78, 5) is 30.0. The second kappa shape index (κ2) is 4.39. The summed E-state index contributed by atoms with van der Waals surface area (Å²) < 4.78 is 3.97. The fourth-order valence-electron chi connectivity index (χ4n) is 0.868. The number of carbonyl (C=O) groups is 3. The number of carbonyl (C=O) groups excluding carboxylic acids is 3. The standard InChI is InChI=1S/C4H7NO.C4H2O3/c6-4-2-1-3-5-4;5-3-1-2-4(6)7-3/h1-3H2,(H,5,6);1-2H. The van der Waals surface area contributed by atoms with Crippen LogP contribution in [0.3, 0.4) is 0 Å². The molecule has 0 aliphatic carbocycles. The first kappa shape index (κ1) is 9.44. The lowest BCUT2D eigenvalue weighted by Gasteiger charge is -1.80. The van der Waals surface area contributed by atoms with Gasteiger partial charge in [-0.25, -0.2) is 9.59 Å². The van der Waals surface area contributed by atoms with Crippen molar-refractivity contribution in [2.75, 3.05) is 6.54 Å². The molecule has 2 heterocycles. The Morgan fingerprint density at radius 2 is 1.77 bits per heavy atom. The van der Waals surface area contributed by atoms with Crippen molar-refractivity contribution in [3.8, 4) is 0 Å². The molecular weight excluding hydrogens is 174 g/mol. The first-order valence-corrected chi connectivity index (χ1v) is 3.89. The molecule has 13 heavy (non-hydrogen) atoms. The van der Waals surface area contributed by atoms with Crippen LogP contribution in [0.4, 0.5) is 0 Å². The van der Waals surface area contributed by atoms with Crippen molar-refractivity contribution in [1.82, 2.24) is 5.32 Å². The average Bonchev–Trinajstić information content (AvgIpc) is 2.64. The largest absolute Gasteiger partial charge is 0.387 e. The van der Waals surface area contributed by atoms with Crippen molar-refractivity contribution in [1.29, 1.82) is 0 Å². The molecule has 0 aromatic carbocycles. The highest BCUT2D eigenvalue weighted by molar-refractivity contribution is 6.04. The van der Waals surface area contributed by atoms with Gasteiger partial charge in [0.1, 0.15) is 0 Å². The molecule has 0 aromatic heterocycles. The van der Waals surface area contributed by atoms with E-state index in [1.807, 2.05) is 0 Å². The molecule has 0 radical (unpaired) electrons. The van der Waals surface area contributed by atoms with Crippen molar-refractivity contribution in [3.05, 3.63) is 12.2 Å². The lowest BCUT2D eigenvalue weighted by molar-refractivity contribution is -0.150. The van der Waals surface area contributed by atoms with Crippen LogP contribution in [0.1, 0.15) is 12.8 Å². The van der Waals surface area contributed by atoms with Crippen LogP contribution in [0, 0.1) is 0 Å². The average molecular weight is 183 g/mol. The van der Waals surface area contributed by atoms with E-state index in [1.165, 1.54) is 0 Å². The number of hydrogen-bond donors (Lipinski definition) is 1. The van der Waals surface area contributed by atoms with Gasteiger partial charge in [-0.2, -0.15) is 0 Å². The first-order chi connectivity index (χ1) is 6.18. The van der Waals surface area contributed by atoms with Crippen LogP contribution in [-0.2, 0) is 19.1 Å². The molecule has 0 atom stereocenters. The monoisotopic (exact) mass is 183 g/mol. The van der Waals surface area contributed by atoms with Gasteiger partial charge in [-0.15, -0.1) is 0 Å². The molecule has 0 bridgehead atoms. The minimum absolute atomic E-state index is 0.204. The van der Waals surface area contributed by atoms with Crippen molar-refractivity contribution < 1.29 is 19.1 Å². The Bertz CT molecular complexity index is 245. The fraction of sp³-hybridized carbons (Fsp3) is 0.375. The number of cyclic esters (lactones) is 2. The van der Waals surface area contributed by atoms with E-state index in [-0.39, 0.29) is 5.91 Å². The van der Waals surface area contributed by atoms with Gasteiger partial charge in [0.15, 0.2) is 0 Å². The van der Waals surface area contributed by atoms with E-state index in [4.69, 9.17) is 0 Å². The highest BCUT2D eigenvalue weighted by Gasteiger charge is 2.10. The summed E-state index contributed by atoms with van der Waals surface area (Å²) in [5.74, 6) is -0.954. The quantitative estimate of drug-likeness (QED) is 0.406. The number of ether oxygens (including phenoxy) is 1. The number of rotatable bonds is 0. The molecule has 5 nitrogen and oxygen atoms in total. The molecule has 0 spiro atoms. The summed E-state index contributed by atoms with van der Waals surface area (Å²) in [6.45, 7) is 0.888. The number of nitrogens with one attached hydrogen (secondary N) is 1. The van der Waals surface area contributed by atoms with Crippen molar-refractivity contribution >= 4 is 17.8 Å². The van der Waals surface area contributed by atoms with Crippen LogP contribution >= 0.6 is 0 Å². The van der Waals surface area contributed by atoms with Crippen molar-refractivity contribution in [3.63, 3.8) is 0 Å². The molecule has 2 rings (SSSR count). The van der Waals surface area contributed by atoms with Gasteiger partial charge < -0.3 is 10.1 Å². The van der Waals surface area contributed by atoms with Crippen LogP contribution in [-0.4, -0.2) is 24.4 Å². The summed E-state index contributed by atoms with van der Waals surface area (Å²) in [6, 6.07) is 0. The molecule has 1 fully saturated rings. The minimum Gasteiger partial charge on any atom is -0.387 e. The molecule has 5 heteroatoms. The third kappa shape index (κ3) is 3.50. The van der Waals surface area contributed by atoms with Gasteiger partial charge in [-0.3, -0.25) is 4.79 Å². The molecule has 1 amide bonds. The summed E-state index contributed by atoms with van der Waals surface area (Å²) in [6.07, 6.45) is 3.93. The summed E-state index contributed by atoms with van der Waals surface area (Å²) in [5.41, 5.74) is 0. The summed E-state index contributed by atoms with van der Waals surface area (Å²) in [5, 5.41) is 2.68. The smallest absolute Gasteiger partial charge is 0.338 e. The van der Waals surface area contributed by atoms with E-state index < -0.39 is 11.9 Å². The van der Waals surface area contributed by atoms with Crippen molar-refractivity contribution in [2.24, 2.45) is 0 Å². The number of hydrogen-bond acceptors (Lipinski definition) is 4. The summed E-state index contributed by atoms with van der Waals surface area (Å²) >= 11 is 0. The third-order valence-corrected chi connectivity index (χ3v) is 1.46. The molecular formula is C8H9NO4. The van der Waals surface area contributed by atoms with Crippen LogP contribution < -0.4 is 5.32 Å². The highest BCUT2D eigenvalue weighted by Crippen LogP contribution is 1.93. The van der Waals surface area contributed by atoms with Crippen LogP contribution in [0.15, 0.2) is 12.2 Å². The molecule has 1 saturated heterocycles. The Kier molecular flexibility index (Phi) is 3.19. The molecule has 2 aliphatic rings. The van der Waals surface area contributed by atoms with Gasteiger partial charge in [-0.05, 0) is 6.42 Å². The molecule has 0 unspecified atom stereocenters. The maximum absolute atomic E-state index is 10.1. The van der Waals surface area contributed by atoms with Gasteiger partial charge in [0.05, 0.1) is 0 Å². The van der Waals surface area contributed by atoms with Gasteiger partial charge in [-0.1, -0.05) is 0 Å². The predicted octanol–water partition coefficient (Wildman–Crippen LogP) is -0.478. The number of esters is 2. The Morgan fingerprint density at radius 1 is 1.15 bits per heavy atom. The second-order valence-corrected chi connectivity index (χ2v) is 2.53. The lowest BCUT2D eigenvalue weighted by atomic mass is 10.4. The van der Waals surface area contributed by atoms with Gasteiger partial charge in [0.2, 0.25) is 5.91 Å². The maximum atomic E-state index is 10.1. The highest BCUT2D eigenvalue weighted by atomic mass is 16.6. The normalized spacial score (nSPS) is 19.2. The van der Waals surface area contributed by atoms with Gasteiger partial charge >= 0.3 is 11.9 Å². The first-order valence-electron chi connectivity index (χ1n) is 3.89. The van der Waals surface area contributed by atoms with E-state index in [0.29, 0.717) is 0 Å². The van der Waals surface area contributed by atoms with E-state index in [0.717, 1.165) is 31.5 Å². The molecule has 0 aromatic rings. The second-order valence-electron chi connectivity index (χ2n) is 2.53. The zero-order chi connectivity index (χ0) is 9.68. The zero-order valence-electron chi connectivity index (χ0n) is 6.91. The van der Waals surface area contributed by atoms with Crippen LogP contribution in [0.2, 0.25) is 0 Å². The van der Waals surface area contributed by atoms with Crippen LogP contribution in [0.25, 0.3) is 0 Å². The molecule has 2 aliphatic heterocycles. The Hall–Kier alpha value is -1.65. The molecule has 70 valence electrons. The predicted molar refractivity (Wildman–Crippen MR) is 42.5 cm³/mol. The van der Waals surface area contributed by atoms with Gasteiger partial charge in [0.25, 0.3) is 0 Å². The van der Waals surface area contributed by atoms with Gasteiger partial charge in [0, 0.05) is 25.1 Å². The molecule has 0 saturated carbocycles. The zero-order valence-corrected chi connectivity index (χ0v) is 6.91. The number of amides is 1. The Labute approximate surface area is 74.7 Å². The van der Waals surface area contributed by atoms with E-state index in [9.17, 15) is 14.4 Å². The maximum Gasteiger partial charge on any atom is 0.338 e. The SMILES string of the molecule is O=C1C=CC(=O)O1.O=C1CCCN1. The Morgan fingerprint density at radius 3 is 1.92 bits per heavy atom. The van der Waals surface area contributed by atoms with Crippen molar-refractivity contribution in [2.45, 2.75) is 12.8 Å². The third-order valence-electron chi connectivity index (χ3n) is 1.46. The lowest BCUT2D eigenvalue weighted by Crippen LogP contribution is -2.12. The topological polar surface area (TPSA) is 72.5 Å². The van der Waals surface area contributed by atoms with Crippen LogP contribution in [0.5, 0.6) is 0 Å². The summed E-state index contributed by atoms with van der Waals surface area (Å²) in [7, 11) is 0.